The minimum atomic E-state index is -0.759. The first-order valence-electron chi connectivity index (χ1n) is 10.3. The van der Waals surface area contributed by atoms with E-state index < -0.39 is 11.6 Å². The van der Waals surface area contributed by atoms with Crippen LogP contribution in [0.1, 0.15) is 25.0 Å². The van der Waals surface area contributed by atoms with Crippen molar-refractivity contribution in [2.45, 2.75) is 31.0 Å². The average molecular weight is 396 g/mol. The van der Waals surface area contributed by atoms with E-state index in [1.54, 1.807) is 0 Å². The van der Waals surface area contributed by atoms with E-state index in [4.69, 9.17) is 9.73 Å². The minimum Gasteiger partial charge on any atom is -0.477 e. The monoisotopic (exact) mass is 396 g/mol. The van der Waals surface area contributed by atoms with E-state index in [9.17, 15) is 4.79 Å². The molecule has 0 saturated carbocycles. The van der Waals surface area contributed by atoms with Gasteiger partial charge in [-0.15, -0.1) is 0 Å². The number of fused-ring (bicyclic) bond motifs is 1. The first-order valence-corrected chi connectivity index (χ1v) is 10.3. The Kier molecular flexibility index (Phi) is 4.24. The third-order valence-electron chi connectivity index (χ3n) is 5.87. The van der Waals surface area contributed by atoms with E-state index in [1.165, 1.54) is 0 Å². The summed E-state index contributed by atoms with van der Waals surface area (Å²) in [5.74, 6) is 0.683. The molecule has 1 saturated heterocycles. The number of carbonyl (C=O) groups excluding carboxylic acids is 1. The van der Waals surface area contributed by atoms with Gasteiger partial charge in [-0.2, -0.15) is 0 Å². The summed E-state index contributed by atoms with van der Waals surface area (Å²) >= 11 is 0. The molecular formula is C26H24N2O2. The van der Waals surface area contributed by atoms with E-state index in [2.05, 4.69) is 38.1 Å². The van der Waals surface area contributed by atoms with Gasteiger partial charge in [-0.1, -0.05) is 78.9 Å². The van der Waals surface area contributed by atoms with E-state index in [-0.39, 0.29) is 11.4 Å². The lowest BCUT2D eigenvalue weighted by Crippen LogP contribution is -2.80. The van der Waals surface area contributed by atoms with Crippen LogP contribution < -0.4 is 4.74 Å². The van der Waals surface area contributed by atoms with Crippen LogP contribution >= 0.6 is 0 Å². The van der Waals surface area contributed by atoms with Crippen molar-refractivity contribution in [1.82, 2.24) is 4.90 Å². The molecule has 0 N–H and O–H groups in total. The highest BCUT2D eigenvalue weighted by molar-refractivity contribution is 6.17. The second-order valence-electron chi connectivity index (χ2n) is 8.51. The molecule has 0 spiro atoms. The Morgan fingerprint density at radius 1 is 0.867 bits per heavy atom. The number of β-lactam (4-membered cyclic amide) rings is 1. The molecule has 2 heterocycles. The summed E-state index contributed by atoms with van der Waals surface area (Å²) in [6.45, 7) is 4.69. The maximum atomic E-state index is 13.4. The quantitative estimate of drug-likeness (QED) is 0.612. The zero-order valence-corrected chi connectivity index (χ0v) is 17.2. The maximum absolute atomic E-state index is 13.4. The van der Waals surface area contributed by atoms with Gasteiger partial charge >= 0.3 is 0 Å². The number of nitrogens with zero attached hydrogens (tertiary/aromatic N) is 2. The molecule has 4 heteroatoms. The highest BCUT2D eigenvalue weighted by Gasteiger charge is 2.68. The zero-order chi connectivity index (χ0) is 20.8. The van der Waals surface area contributed by atoms with Crippen molar-refractivity contribution in [2.75, 3.05) is 6.54 Å². The molecule has 1 amide bonds. The number of para-hydroxylation sites is 1. The van der Waals surface area contributed by atoms with Gasteiger partial charge in [0.25, 0.3) is 5.91 Å². The van der Waals surface area contributed by atoms with E-state index in [1.807, 2.05) is 71.6 Å². The number of ether oxygens (including phenoxy) is 1. The number of benzene rings is 3. The van der Waals surface area contributed by atoms with E-state index in [0.29, 0.717) is 12.3 Å². The predicted octanol–water partition coefficient (Wildman–Crippen LogP) is 4.45. The van der Waals surface area contributed by atoms with Crippen molar-refractivity contribution in [2.24, 2.45) is 4.99 Å². The van der Waals surface area contributed by atoms with Gasteiger partial charge in [0.05, 0.1) is 11.3 Å². The molecule has 2 aliphatic rings. The molecule has 0 bridgehead atoms. The van der Waals surface area contributed by atoms with Gasteiger partial charge in [0.1, 0.15) is 5.75 Å². The van der Waals surface area contributed by atoms with Crippen LogP contribution in [0.4, 0.5) is 0 Å². The Balaban J connectivity index is 1.73. The minimum absolute atomic E-state index is 0.000822. The summed E-state index contributed by atoms with van der Waals surface area (Å²) < 4.78 is 6.34. The van der Waals surface area contributed by atoms with Crippen LogP contribution in [0.3, 0.4) is 0 Å². The van der Waals surface area contributed by atoms with Crippen LogP contribution in [-0.2, 0) is 10.3 Å². The van der Waals surface area contributed by atoms with Crippen LogP contribution in [0.5, 0.6) is 5.75 Å². The van der Waals surface area contributed by atoms with Crippen molar-refractivity contribution in [3.8, 4) is 5.75 Å². The summed E-state index contributed by atoms with van der Waals surface area (Å²) in [6.07, 6.45) is -0.669. The fourth-order valence-electron chi connectivity index (χ4n) is 4.62. The van der Waals surface area contributed by atoms with Crippen LogP contribution in [0.25, 0.3) is 0 Å². The van der Waals surface area contributed by atoms with Gasteiger partial charge in [-0.3, -0.25) is 9.79 Å². The third kappa shape index (κ3) is 2.75. The second-order valence-corrected chi connectivity index (χ2v) is 8.51. The molecule has 0 aromatic heterocycles. The topological polar surface area (TPSA) is 41.9 Å². The lowest BCUT2D eigenvalue weighted by molar-refractivity contribution is -0.175. The molecule has 0 aliphatic carbocycles. The van der Waals surface area contributed by atoms with Crippen LogP contribution in [0, 0.1) is 0 Å². The van der Waals surface area contributed by atoms with Gasteiger partial charge < -0.3 is 9.64 Å². The van der Waals surface area contributed by atoms with Gasteiger partial charge in [-0.25, -0.2) is 0 Å². The number of rotatable bonds is 4. The highest BCUT2D eigenvalue weighted by atomic mass is 16.5. The summed E-state index contributed by atoms with van der Waals surface area (Å²) in [4.78, 5) is 20.5. The van der Waals surface area contributed by atoms with Crippen molar-refractivity contribution < 1.29 is 9.53 Å². The lowest BCUT2D eigenvalue weighted by Gasteiger charge is -2.61. The zero-order valence-electron chi connectivity index (χ0n) is 17.2. The Morgan fingerprint density at radius 2 is 1.43 bits per heavy atom. The molecule has 4 nitrogen and oxygen atoms in total. The summed E-state index contributed by atoms with van der Waals surface area (Å²) in [6, 6.07) is 29.8. The lowest BCUT2D eigenvalue weighted by atomic mass is 9.67. The van der Waals surface area contributed by atoms with Crippen LogP contribution in [-0.4, -0.2) is 34.7 Å². The molecule has 150 valence electrons. The highest BCUT2D eigenvalue weighted by Crippen LogP contribution is 2.50. The molecule has 30 heavy (non-hydrogen) atoms. The molecule has 0 unspecified atom stereocenters. The number of amides is 1. The largest absolute Gasteiger partial charge is 0.477 e. The van der Waals surface area contributed by atoms with E-state index >= 15 is 0 Å². The van der Waals surface area contributed by atoms with E-state index in [0.717, 1.165) is 16.8 Å². The number of carbonyl (C=O) groups is 1. The Morgan fingerprint density at radius 3 is 2.07 bits per heavy atom. The standard InChI is InChI=1S/C26H24N2O2/c1-25(2)18-28-24(29)23(30-21-16-10-5-11-17-21)26(28,20-14-8-4-9-15-20)22(27-25)19-12-6-3-7-13-19/h3-17,23H,18H2,1-2H3/t23-,26+/m1/s1. The van der Waals surface area contributed by atoms with Crippen molar-refractivity contribution in [3.05, 3.63) is 102 Å². The van der Waals surface area contributed by atoms with Gasteiger partial charge in [0.2, 0.25) is 6.10 Å². The molecular weight excluding hydrogens is 372 g/mol. The van der Waals surface area contributed by atoms with Crippen LogP contribution in [0.2, 0.25) is 0 Å². The Bertz CT molecular complexity index is 1090. The fraction of sp³-hybridized carbons (Fsp3) is 0.231. The molecule has 3 aromatic rings. The maximum Gasteiger partial charge on any atom is 0.268 e. The average Bonchev–Trinajstić information content (AvgIpc) is 2.78. The first-order chi connectivity index (χ1) is 14.5. The molecule has 2 aliphatic heterocycles. The van der Waals surface area contributed by atoms with Gasteiger partial charge in [0.15, 0.2) is 5.54 Å². The Hall–Kier alpha value is -3.40. The summed E-state index contributed by atoms with van der Waals surface area (Å²) in [5, 5.41) is 0. The normalized spacial score (nSPS) is 24.5. The summed E-state index contributed by atoms with van der Waals surface area (Å²) in [5.41, 5.74) is 1.77. The smallest absolute Gasteiger partial charge is 0.268 e. The third-order valence-corrected chi connectivity index (χ3v) is 5.87. The summed E-state index contributed by atoms with van der Waals surface area (Å²) in [7, 11) is 0. The molecule has 2 atom stereocenters. The Labute approximate surface area is 176 Å². The van der Waals surface area contributed by atoms with Crippen molar-refractivity contribution in [1.29, 1.82) is 0 Å². The predicted molar refractivity (Wildman–Crippen MR) is 118 cm³/mol. The first kappa shape index (κ1) is 18.6. The molecule has 3 aromatic carbocycles. The number of aliphatic imine (C=N–C) groups is 1. The molecule has 1 fully saturated rings. The second kappa shape index (κ2) is 6.84. The molecule has 5 rings (SSSR count). The molecule has 0 radical (unpaired) electrons. The van der Waals surface area contributed by atoms with Crippen molar-refractivity contribution in [3.63, 3.8) is 0 Å². The van der Waals surface area contributed by atoms with Gasteiger partial charge in [-0.05, 0) is 37.1 Å². The van der Waals surface area contributed by atoms with Crippen molar-refractivity contribution >= 4 is 11.6 Å². The van der Waals surface area contributed by atoms with Crippen LogP contribution in [0.15, 0.2) is 96.0 Å². The SMILES string of the molecule is CC1(C)CN2C(=O)[C@@H](Oc3ccccc3)[C@]2(c2ccccc2)C(c2ccccc2)=N1. The fourth-order valence-corrected chi connectivity index (χ4v) is 4.62. The van der Waals surface area contributed by atoms with Gasteiger partial charge in [0, 0.05) is 6.54 Å². The number of hydrogen-bond acceptors (Lipinski definition) is 3. The number of hydrogen-bond donors (Lipinski definition) is 0.